The van der Waals surface area contributed by atoms with Crippen LogP contribution < -0.4 is 4.74 Å². The molecule has 0 atom stereocenters. The van der Waals surface area contributed by atoms with Gasteiger partial charge in [-0.05, 0) is 12.1 Å². The maximum absolute atomic E-state index is 13.4. The fourth-order valence-corrected chi connectivity index (χ4v) is 1.53. The second-order valence-corrected chi connectivity index (χ2v) is 4.26. The van der Waals surface area contributed by atoms with Crippen LogP contribution in [0.15, 0.2) is 18.2 Å². The van der Waals surface area contributed by atoms with Gasteiger partial charge in [-0.25, -0.2) is 4.39 Å². The third-order valence-corrected chi connectivity index (χ3v) is 2.47. The fraction of sp³-hybridized carbons (Fsp3) is 0.500. The Balaban J connectivity index is 2.36. The molecule has 0 unspecified atom stereocenters. The number of aliphatic hydroxyl groups excluding tert-OH is 1. The van der Waals surface area contributed by atoms with Gasteiger partial charge in [0.05, 0.1) is 26.4 Å². The number of rotatable bonds is 9. The SMILES string of the molecule is COCCOCCCOc1cc(F)cc(C#CCCO)c1. The summed E-state index contributed by atoms with van der Waals surface area (Å²) in [5.41, 5.74) is 0.537. The first kappa shape index (κ1) is 17.4. The molecule has 0 heterocycles. The summed E-state index contributed by atoms with van der Waals surface area (Å²) in [6.07, 6.45) is 1.08. The first-order chi connectivity index (χ1) is 10.3. The van der Waals surface area contributed by atoms with E-state index in [0.29, 0.717) is 50.6 Å². The van der Waals surface area contributed by atoms with Gasteiger partial charge in [0.2, 0.25) is 0 Å². The first-order valence-corrected chi connectivity index (χ1v) is 6.86. The van der Waals surface area contributed by atoms with E-state index in [2.05, 4.69) is 11.8 Å². The molecule has 4 nitrogen and oxygen atoms in total. The minimum absolute atomic E-state index is 0.00521. The molecular formula is C16H21FO4. The molecule has 0 saturated carbocycles. The average Bonchev–Trinajstić information content (AvgIpc) is 2.46. The molecule has 1 aromatic rings. The zero-order valence-corrected chi connectivity index (χ0v) is 12.2. The van der Waals surface area contributed by atoms with Crippen molar-refractivity contribution in [1.82, 2.24) is 0 Å². The lowest BCUT2D eigenvalue weighted by Gasteiger charge is -2.07. The lowest BCUT2D eigenvalue weighted by molar-refractivity contribution is 0.0644. The van der Waals surface area contributed by atoms with Gasteiger partial charge in [-0.3, -0.25) is 0 Å². The van der Waals surface area contributed by atoms with E-state index in [-0.39, 0.29) is 6.61 Å². The molecule has 0 bridgehead atoms. The number of halogens is 1. The Morgan fingerprint density at radius 3 is 2.76 bits per heavy atom. The van der Waals surface area contributed by atoms with Crippen molar-refractivity contribution in [2.45, 2.75) is 12.8 Å². The molecule has 1 N–H and O–H groups in total. The van der Waals surface area contributed by atoms with Crippen LogP contribution in [0.25, 0.3) is 0 Å². The molecule has 21 heavy (non-hydrogen) atoms. The molecule has 0 radical (unpaired) electrons. The Labute approximate surface area is 124 Å². The lowest BCUT2D eigenvalue weighted by atomic mass is 10.2. The summed E-state index contributed by atoms with van der Waals surface area (Å²) in [5, 5.41) is 8.65. The van der Waals surface area contributed by atoms with Crippen LogP contribution in [-0.2, 0) is 9.47 Å². The Morgan fingerprint density at radius 2 is 2.00 bits per heavy atom. The van der Waals surface area contributed by atoms with Crippen molar-refractivity contribution in [3.63, 3.8) is 0 Å². The van der Waals surface area contributed by atoms with Crippen LogP contribution in [0.1, 0.15) is 18.4 Å². The Hall–Kier alpha value is -1.61. The molecule has 0 amide bonds. The first-order valence-electron chi connectivity index (χ1n) is 6.86. The standard InChI is InChI=1S/C16H21FO4/c1-19-9-10-20-7-4-8-21-16-12-14(5-2-3-6-18)11-15(17)13-16/h11-13,18H,3-4,6-10H2,1H3. The van der Waals surface area contributed by atoms with Crippen LogP contribution in [0.4, 0.5) is 4.39 Å². The molecular weight excluding hydrogens is 275 g/mol. The van der Waals surface area contributed by atoms with Gasteiger partial charge in [0.15, 0.2) is 0 Å². The second kappa shape index (κ2) is 11.1. The third kappa shape index (κ3) is 8.30. The number of ether oxygens (including phenoxy) is 3. The van der Waals surface area contributed by atoms with Crippen molar-refractivity contribution in [1.29, 1.82) is 0 Å². The summed E-state index contributed by atoms with van der Waals surface area (Å²) < 4.78 is 29.0. The lowest BCUT2D eigenvalue weighted by Crippen LogP contribution is -2.07. The molecule has 0 aliphatic carbocycles. The molecule has 116 valence electrons. The van der Waals surface area contributed by atoms with Crippen molar-refractivity contribution in [2.24, 2.45) is 0 Å². The molecule has 1 aromatic carbocycles. The van der Waals surface area contributed by atoms with Crippen LogP contribution >= 0.6 is 0 Å². The molecule has 0 aliphatic rings. The van der Waals surface area contributed by atoms with E-state index in [1.54, 1.807) is 13.2 Å². The molecule has 1 rings (SSSR count). The highest BCUT2D eigenvalue weighted by Crippen LogP contribution is 2.16. The van der Waals surface area contributed by atoms with E-state index < -0.39 is 5.82 Å². The van der Waals surface area contributed by atoms with E-state index in [0.717, 1.165) is 0 Å². The van der Waals surface area contributed by atoms with Gasteiger partial charge in [0.1, 0.15) is 11.6 Å². The van der Waals surface area contributed by atoms with Crippen molar-refractivity contribution < 1.29 is 23.7 Å². The van der Waals surface area contributed by atoms with Gasteiger partial charge in [0, 0.05) is 38.2 Å². The number of hydrogen-bond acceptors (Lipinski definition) is 4. The summed E-state index contributed by atoms with van der Waals surface area (Å²) in [6.45, 7) is 2.14. The Bertz CT molecular complexity index is 465. The summed E-state index contributed by atoms with van der Waals surface area (Å²) >= 11 is 0. The zero-order chi connectivity index (χ0) is 15.3. The number of aliphatic hydroxyl groups is 1. The fourth-order valence-electron chi connectivity index (χ4n) is 1.53. The van der Waals surface area contributed by atoms with Crippen LogP contribution in [0.2, 0.25) is 0 Å². The normalized spacial score (nSPS) is 10.0. The quantitative estimate of drug-likeness (QED) is 0.559. The van der Waals surface area contributed by atoms with Crippen molar-refractivity contribution in [2.75, 3.05) is 40.1 Å². The molecule has 0 saturated heterocycles. The van der Waals surface area contributed by atoms with Gasteiger partial charge >= 0.3 is 0 Å². The largest absolute Gasteiger partial charge is 0.493 e. The average molecular weight is 296 g/mol. The third-order valence-electron chi connectivity index (χ3n) is 2.47. The monoisotopic (exact) mass is 296 g/mol. The molecule has 0 spiro atoms. The smallest absolute Gasteiger partial charge is 0.128 e. The van der Waals surface area contributed by atoms with Crippen LogP contribution in [0.5, 0.6) is 5.75 Å². The van der Waals surface area contributed by atoms with E-state index >= 15 is 0 Å². The van der Waals surface area contributed by atoms with Crippen LogP contribution in [-0.4, -0.2) is 45.3 Å². The number of hydrogen-bond donors (Lipinski definition) is 1. The van der Waals surface area contributed by atoms with E-state index in [9.17, 15) is 4.39 Å². The number of methoxy groups -OCH3 is 1. The van der Waals surface area contributed by atoms with Gasteiger partial charge in [-0.1, -0.05) is 11.8 Å². The maximum Gasteiger partial charge on any atom is 0.128 e. The maximum atomic E-state index is 13.4. The van der Waals surface area contributed by atoms with Gasteiger partial charge < -0.3 is 19.3 Å². The summed E-state index contributed by atoms with van der Waals surface area (Å²) in [6, 6.07) is 4.34. The minimum atomic E-state index is -0.392. The highest BCUT2D eigenvalue weighted by molar-refractivity contribution is 5.40. The molecule has 0 aliphatic heterocycles. The molecule has 0 aromatic heterocycles. The second-order valence-electron chi connectivity index (χ2n) is 4.26. The summed E-state index contributed by atoms with van der Waals surface area (Å²) in [4.78, 5) is 0. The highest BCUT2D eigenvalue weighted by Gasteiger charge is 2.00. The minimum Gasteiger partial charge on any atom is -0.493 e. The van der Waals surface area contributed by atoms with E-state index in [4.69, 9.17) is 19.3 Å². The summed E-state index contributed by atoms with van der Waals surface area (Å²) in [5.74, 6) is 5.58. The predicted molar refractivity (Wildman–Crippen MR) is 77.8 cm³/mol. The van der Waals surface area contributed by atoms with Crippen LogP contribution in [0.3, 0.4) is 0 Å². The van der Waals surface area contributed by atoms with Crippen molar-refractivity contribution in [3.05, 3.63) is 29.6 Å². The predicted octanol–water partition coefficient (Wildman–Crippen LogP) is 1.99. The van der Waals surface area contributed by atoms with Gasteiger partial charge in [0.25, 0.3) is 0 Å². The summed E-state index contributed by atoms with van der Waals surface area (Å²) in [7, 11) is 1.62. The molecule has 0 fully saturated rings. The number of benzene rings is 1. The Morgan fingerprint density at radius 1 is 1.14 bits per heavy atom. The van der Waals surface area contributed by atoms with Crippen molar-refractivity contribution >= 4 is 0 Å². The van der Waals surface area contributed by atoms with Crippen molar-refractivity contribution in [3.8, 4) is 17.6 Å². The Kier molecular flexibility index (Phi) is 9.21. The van der Waals surface area contributed by atoms with E-state index in [1.165, 1.54) is 12.1 Å². The van der Waals surface area contributed by atoms with Crippen LogP contribution in [0, 0.1) is 17.7 Å². The topological polar surface area (TPSA) is 47.9 Å². The van der Waals surface area contributed by atoms with E-state index in [1.807, 2.05) is 0 Å². The molecule has 5 heteroatoms. The zero-order valence-electron chi connectivity index (χ0n) is 12.2. The van der Waals surface area contributed by atoms with Gasteiger partial charge in [-0.15, -0.1) is 0 Å². The van der Waals surface area contributed by atoms with Gasteiger partial charge in [-0.2, -0.15) is 0 Å². The highest BCUT2D eigenvalue weighted by atomic mass is 19.1.